The van der Waals surface area contributed by atoms with Crippen molar-refractivity contribution in [2.24, 2.45) is 0 Å². The number of aromatic nitrogens is 3. The van der Waals surface area contributed by atoms with E-state index in [1.165, 1.54) is 13.2 Å². The molecule has 2 N–H and O–H groups in total. The van der Waals surface area contributed by atoms with E-state index < -0.39 is 5.97 Å². The molecule has 0 aliphatic heterocycles. The molecule has 0 radical (unpaired) electrons. The average molecular weight is 328 g/mol. The SMILES string of the molecule is COC(=O)c1c(C#N)cc(Cl)nc1Nc1ccc2nc[nH]c2c1. The predicted octanol–water partition coefficient (Wildman–Crippen LogP) is 3.01. The molecule has 3 rings (SSSR count). The number of anilines is 2. The van der Waals surface area contributed by atoms with Crippen LogP contribution in [0.2, 0.25) is 5.15 Å². The van der Waals surface area contributed by atoms with Gasteiger partial charge >= 0.3 is 5.97 Å². The highest BCUT2D eigenvalue weighted by molar-refractivity contribution is 6.29. The van der Waals surface area contributed by atoms with Crippen LogP contribution < -0.4 is 5.32 Å². The van der Waals surface area contributed by atoms with Crippen LogP contribution >= 0.6 is 11.6 Å². The number of fused-ring (bicyclic) bond motifs is 1. The summed E-state index contributed by atoms with van der Waals surface area (Å²) in [6, 6.07) is 8.63. The molecule has 0 spiro atoms. The second-order valence-corrected chi connectivity index (χ2v) is 4.97. The van der Waals surface area contributed by atoms with Gasteiger partial charge in [0.1, 0.15) is 22.6 Å². The fourth-order valence-corrected chi connectivity index (χ4v) is 2.34. The molecule has 23 heavy (non-hydrogen) atoms. The van der Waals surface area contributed by atoms with Gasteiger partial charge in [0, 0.05) is 5.69 Å². The van der Waals surface area contributed by atoms with Crippen LogP contribution in [-0.4, -0.2) is 28.0 Å². The normalized spacial score (nSPS) is 10.3. The summed E-state index contributed by atoms with van der Waals surface area (Å²) >= 11 is 5.92. The molecule has 7 nitrogen and oxygen atoms in total. The highest BCUT2D eigenvalue weighted by Gasteiger charge is 2.20. The number of pyridine rings is 1. The molecule has 0 saturated heterocycles. The monoisotopic (exact) mass is 327 g/mol. The van der Waals surface area contributed by atoms with E-state index in [4.69, 9.17) is 16.3 Å². The predicted molar refractivity (Wildman–Crippen MR) is 84.7 cm³/mol. The Balaban J connectivity index is 2.09. The fourth-order valence-electron chi connectivity index (χ4n) is 2.15. The number of ether oxygens (including phenoxy) is 1. The van der Waals surface area contributed by atoms with Gasteiger partial charge in [0.2, 0.25) is 0 Å². The lowest BCUT2D eigenvalue weighted by atomic mass is 10.1. The van der Waals surface area contributed by atoms with Gasteiger partial charge in [-0.05, 0) is 24.3 Å². The number of esters is 1. The number of H-pyrrole nitrogens is 1. The van der Waals surface area contributed by atoms with Gasteiger partial charge in [0.05, 0.1) is 30.0 Å². The molecule has 2 heterocycles. The van der Waals surface area contributed by atoms with Crippen LogP contribution in [0.25, 0.3) is 11.0 Å². The molecule has 0 fully saturated rings. The van der Waals surface area contributed by atoms with Crippen molar-refractivity contribution in [2.45, 2.75) is 0 Å². The maximum Gasteiger partial charge on any atom is 0.343 e. The minimum atomic E-state index is -0.671. The van der Waals surface area contributed by atoms with Crippen LogP contribution in [0.5, 0.6) is 0 Å². The van der Waals surface area contributed by atoms with Crippen LogP contribution in [0.3, 0.4) is 0 Å². The lowest BCUT2D eigenvalue weighted by molar-refractivity contribution is 0.0601. The lowest BCUT2D eigenvalue weighted by Gasteiger charge is -2.11. The third-order valence-corrected chi connectivity index (χ3v) is 3.37. The van der Waals surface area contributed by atoms with E-state index in [0.29, 0.717) is 5.69 Å². The average Bonchev–Trinajstić information content (AvgIpc) is 3.01. The molecule has 1 aromatic carbocycles. The number of methoxy groups -OCH3 is 1. The largest absolute Gasteiger partial charge is 0.465 e. The first-order valence-corrected chi connectivity index (χ1v) is 6.89. The number of hydrogen-bond acceptors (Lipinski definition) is 6. The number of halogens is 1. The molecule has 0 unspecified atom stereocenters. The van der Waals surface area contributed by atoms with Gasteiger partial charge in [0.15, 0.2) is 0 Å². The minimum Gasteiger partial charge on any atom is -0.465 e. The van der Waals surface area contributed by atoms with Gasteiger partial charge in [-0.25, -0.2) is 14.8 Å². The van der Waals surface area contributed by atoms with Crippen LogP contribution in [0.1, 0.15) is 15.9 Å². The van der Waals surface area contributed by atoms with E-state index in [9.17, 15) is 10.1 Å². The van der Waals surface area contributed by atoms with Crippen LogP contribution in [0.4, 0.5) is 11.5 Å². The Kier molecular flexibility index (Phi) is 3.83. The van der Waals surface area contributed by atoms with Gasteiger partial charge in [-0.3, -0.25) is 0 Å². The number of carbonyl (C=O) groups is 1. The topological polar surface area (TPSA) is 104 Å². The number of hydrogen-bond donors (Lipinski definition) is 2. The Hall–Kier alpha value is -3.11. The van der Waals surface area contributed by atoms with Crippen molar-refractivity contribution in [1.29, 1.82) is 5.26 Å². The van der Waals surface area contributed by atoms with Crippen LogP contribution in [0.15, 0.2) is 30.6 Å². The van der Waals surface area contributed by atoms with Crippen LogP contribution in [0, 0.1) is 11.3 Å². The molecule has 8 heteroatoms. The second-order valence-electron chi connectivity index (χ2n) is 4.58. The number of imidazole rings is 1. The zero-order chi connectivity index (χ0) is 16.4. The molecule has 2 aromatic heterocycles. The summed E-state index contributed by atoms with van der Waals surface area (Å²) in [5.41, 5.74) is 2.40. The molecule has 0 bridgehead atoms. The summed E-state index contributed by atoms with van der Waals surface area (Å²) in [7, 11) is 1.23. The van der Waals surface area contributed by atoms with Crippen molar-refractivity contribution in [3.05, 3.63) is 46.9 Å². The molecule has 0 aliphatic rings. The number of rotatable bonds is 3. The van der Waals surface area contributed by atoms with E-state index in [1.54, 1.807) is 18.5 Å². The van der Waals surface area contributed by atoms with E-state index in [0.717, 1.165) is 11.0 Å². The zero-order valence-electron chi connectivity index (χ0n) is 11.9. The van der Waals surface area contributed by atoms with Crippen molar-refractivity contribution in [1.82, 2.24) is 15.0 Å². The number of carbonyl (C=O) groups excluding carboxylic acids is 1. The highest BCUT2D eigenvalue weighted by atomic mass is 35.5. The summed E-state index contributed by atoms with van der Waals surface area (Å²) in [4.78, 5) is 23.2. The third kappa shape index (κ3) is 2.80. The van der Waals surface area contributed by atoms with Crippen molar-refractivity contribution < 1.29 is 9.53 Å². The Labute approximate surface area is 135 Å². The summed E-state index contributed by atoms with van der Waals surface area (Å²) < 4.78 is 4.73. The van der Waals surface area contributed by atoms with E-state index >= 15 is 0 Å². The first-order valence-electron chi connectivity index (χ1n) is 6.51. The standard InChI is InChI=1S/C15H10ClN5O2/c1-23-15(22)13-8(6-17)4-12(16)21-14(13)20-9-2-3-10-11(5-9)19-7-18-10/h2-5,7H,1H3,(H,18,19)(H,20,21). The molecule has 3 aromatic rings. The minimum absolute atomic E-state index is 0.0316. The maximum atomic E-state index is 12.0. The van der Waals surface area contributed by atoms with Gasteiger partial charge < -0.3 is 15.0 Å². The van der Waals surface area contributed by atoms with Crippen molar-refractivity contribution in [3.8, 4) is 6.07 Å². The Morgan fingerprint density at radius 1 is 1.43 bits per heavy atom. The fraction of sp³-hybridized carbons (Fsp3) is 0.0667. The van der Waals surface area contributed by atoms with Crippen LogP contribution in [-0.2, 0) is 4.74 Å². The highest BCUT2D eigenvalue weighted by Crippen LogP contribution is 2.26. The Morgan fingerprint density at radius 3 is 3.00 bits per heavy atom. The first kappa shape index (κ1) is 14.8. The van der Waals surface area contributed by atoms with Gasteiger partial charge in [0.25, 0.3) is 0 Å². The lowest BCUT2D eigenvalue weighted by Crippen LogP contribution is -2.10. The quantitative estimate of drug-likeness (QED) is 0.566. The second kappa shape index (κ2) is 5.94. The molecule has 0 atom stereocenters. The number of aromatic amines is 1. The van der Waals surface area contributed by atoms with Crippen molar-refractivity contribution in [2.75, 3.05) is 12.4 Å². The number of nitriles is 1. The molecule has 0 saturated carbocycles. The molecular formula is C15H10ClN5O2. The maximum absolute atomic E-state index is 12.0. The first-order chi connectivity index (χ1) is 11.1. The van der Waals surface area contributed by atoms with E-state index in [1.807, 2.05) is 12.1 Å². The summed E-state index contributed by atoms with van der Waals surface area (Å²) in [6.45, 7) is 0. The number of nitrogens with one attached hydrogen (secondary N) is 2. The Bertz CT molecular complexity index is 945. The Morgan fingerprint density at radius 2 is 2.26 bits per heavy atom. The van der Waals surface area contributed by atoms with Gasteiger partial charge in [-0.1, -0.05) is 11.6 Å². The molecule has 0 amide bonds. The molecule has 114 valence electrons. The van der Waals surface area contributed by atoms with Gasteiger partial charge in [-0.2, -0.15) is 5.26 Å². The van der Waals surface area contributed by atoms with E-state index in [-0.39, 0.29) is 22.1 Å². The molecular weight excluding hydrogens is 318 g/mol. The third-order valence-electron chi connectivity index (χ3n) is 3.18. The summed E-state index contributed by atoms with van der Waals surface area (Å²) in [5.74, 6) is -0.518. The smallest absolute Gasteiger partial charge is 0.343 e. The van der Waals surface area contributed by atoms with E-state index in [2.05, 4.69) is 20.3 Å². The molecule has 0 aliphatic carbocycles. The number of benzene rings is 1. The summed E-state index contributed by atoms with van der Waals surface area (Å²) in [5, 5.41) is 12.3. The number of nitrogens with zero attached hydrogens (tertiary/aromatic N) is 3. The van der Waals surface area contributed by atoms with Crippen molar-refractivity contribution in [3.63, 3.8) is 0 Å². The van der Waals surface area contributed by atoms with Crippen molar-refractivity contribution >= 4 is 40.1 Å². The van der Waals surface area contributed by atoms with Gasteiger partial charge in [-0.15, -0.1) is 0 Å². The summed E-state index contributed by atoms with van der Waals surface area (Å²) in [6.07, 6.45) is 1.58. The zero-order valence-corrected chi connectivity index (χ0v) is 12.7.